The maximum absolute atomic E-state index is 12.8. The molecule has 1 aromatic carbocycles. The number of hydrogen-bond acceptors (Lipinski definition) is 1. The van der Waals surface area contributed by atoms with Gasteiger partial charge in [0.25, 0.3) is 0 Å². The molecule has 1 aliphatic rings. The Morgan fingerprint density at radius 3 is 2.57 bits per heavy atom. The largest absolute Gasteiger partial charge is 0.356 e. The number of fused-ring (bicyclic) bond motifs is 3. The summed E-state index contributed by atoms with van der Waals surface area (Å²) in [7, 11) is 0. The van der Waals surface area contributed by atoms with E-state index in [4.69, 9.17) is 0 Å². The van der Waals surface area contributed by atoms with Crippen LogP contribution >= 0.6 is 0 Å². The first-order valence-electron chi connectivity index (χ1n) is 7.73. The molecule has 2 heterocycles. The molecule has 0 radical (unpaired) electrons. The van der Waals surface area contributed by atoms with Gasteiger partial charge < -0.3 is 9.88 Å². The van der Waals surface area contributed by atoms with E-state index in [0.29, 0.717) is 0 Å². The zero-order chi connectivity index (χ0) is 15.4. The van der Waals surface area contributed by atoms with E-state index in [-0.39, 0.29) is 23.4 Å². The summed E-state index contributed by atoms with van der Waals surface area (Å²) < 4.78 is 0. The van der Waals surface area contributed by atoms with E-state index in [1.807, 2.05) is 20.8 Å². The third kappa shape index (κ3) is 2.15. The summed E-state index contributed by atoms with van der Waals surface area (Å²) in [6.07, 6.45) is 0.922. The van der Waals surface area contributed by atoms with Gasteiger partial charge in [0.1, 0.15) is 0 Å². The van der Waals surface area contributed by atoms with Gasteiger partial charge in [-0.25, -0.2) is 0 Å². The fraction of sp³-hybridized carbons (Fsp3) is 0.500. The van der Waals surface area contributed by atoms with Gasteiger partial charge in [0, 0.05) is 28.1 Å². The van der Waals surface area contributed by atoms with Crippen LogP contribution in [0.5, 0.6) is 0 Å². The zero-order valence-electron chi connectivity index (χ0n) is 13.5. The molecule has 0 bridgehead atoms. The summed E-state index contributed by atoms with van der Waals surface area (Å²) >= 11 is 0. The van der Waals surface area contributed by atoms with Crippen LogP contribution < -0.4 is 0 Å². The van der Waals surface area contributed by atoms with Crippen molar-refractivity contribution in [3.05, 3.63) is 35.5 Å². The lowest BCUT2D eigenvalue weighted by molar-refractivity contribution is -0.144. The fourth-order valence-corrected chi connectivity index (χ4v) is 3.48. The second kappa shape index (κ2) is 4.62. The highest BCUT2D eigenvalue weighted by molar-refractivity contribution is 5.87. The van der Waals surface area contributed by atoms with Gasteiger partial charge >= 0.3 is 0 Å². The van der Waals surface area contributed by atoms with Crippen molar-refractivity contribution in [3.63, 3.8) is 0 Å². The van der Waals surface area contributed by atoms with Crippen LogP contribution in [0.25, 0.3) is 10.9 Å². The summed E-state index contributed by atoms with van der Waals surface area (Å²) in [4.78, 5) is 18.4. The smallest absolute Gasteiger partial charge is 0.228 e. The van der Waals surface area contributed by atoms with Gasteiger partial charge in [0.2, 0.25) is 5.91 Å². The van der Waals surface area contributed by atoms with E-state index >= 15 is 0 Å². The van der Waals surface area contributed by atoms with Crippen LogP contribution in [0.2, 0.25) is 0 Å². The highest BCUT2D eigenvalue weighted by Gasteiger charge is 2.38. The first-order valence-corrected chi connectivity index (χ1v) is 7.73. The molecule has 2 atom stereocenters. The summed E-state index contributed by atoms with van der Waals surface area (Å²) in [6.45, 7) is 10.3. The number of benzene rings is 1. The van der Waals surface area contributed by atoms with Crippen LogP contribution in [0.15, 0.2) is 24.3 Å². The van der Waals surface area contributed by atoms with Crippen LogP contribution in [0, 0.1) is 5.41 Å². The minimum Gasteiger partial charge on any atom is -0.356 e. The average molecular weight is 284 g/mol. The SMILES string of the molecule is C[C@@H]1Cc2c([nH]c3ccccc23)[C@@H](C)N1C(=O)C(C)(C)C. The molecule has 2 aromatic rings. The molecule has 21 heavy (non-hydrogen) atoms. The predicted octanol–water partition coefficient (Wildman–Crippen LogP) is 4.05. The molecule has 1 aromatic heterocycles. The van der Waals surface area contributed by atoms with Crippen LogP contribution in [0.3, 0.4) is 0 Å². The van der Waals surface area contributed by atoms with Crippen LogP contribution in [-0.2, 0) is 11.2 Å². The van der Waals surface area contributed by atoms with Crippen molar-refractivity contribution < 1.29 is 4.79 Å². The van der Waals surface area contributed by atoms with Crippen molar-refractivity contribution in [1.82, 2.24) is 9.88 Å². The molecule has 1 aliphatic heterocycles. The number of aromatic nitrogens is 1. The van der Waals surface area contributed by atoms with Crippen molar-refractivity contribution in [2.24, 2.45) is 5.41 Å². The number of carbonyl (C=O) groups is 1. The molecule has 1 amide bonds. The second-order valence-corrected chi connectivity index (χ2v) is 7.25. The van der Waals surface area contributed by atoms with Crippen molar-refractivity contribution >= 4 is 16.8 Å². The monoisotopic (exact) mass is 284 g/mol. The van der Waals surface area contributed by atoms with Gasteiger partial charge in [-0.15, -0.1) is 0 Å². The summed E-state index contributed by atoms with van der Waals surface area (Å²) in [5.74, 6) is 0.229. The number of carbonyl (C=O) groups excluding carboxylic acids is 1. The fourth-order valence-electron chi connectivity index (χ4n) is 3.48. The van der Waals surface area contributed by atoms with Gasteiger partial charge in [0.15, 0.2) is 0 Å². The molecule has 0 saturated heterocycles. The van der Waals surface area contributed by atoms with E-state index in [1.165, 1.54) is 22.2 Å². The van der Waals surface area contributed by atoms with Crippen LogP contribution in [-0.4, -0.2) is 21.8 Å². The minimum atomic E-state index is -0.341. The highest BCUT2D eigenvalue weighted by atomic mass is 16.2. The summed E-state index contributed by atoms with van der Waals surface area (Å²) in [6, 6.07) is 8.75. The van der Waals surface area contributed by atoms with Crippen molar-refractivity contribution in [2.45, 2.75) is 53.1 Å². The summed E-state index contributed by atoms with van der Waals surface area (Å²) in [5, 5.41) is 1.30. The van der Waals surface area contributed by atoms with E-state index in [0.717, 1.165) is 6.42 Å². The molecular formula is C18H24N2O. The quantitative estimate of drug-likeness (QED) is 0.778. The predicted molar refractivity (Wildman–Crippen MR) is 86.2 cm³/mol. The Morgan fingerprint density at radius 2 is 1.90 bits per heavy atom. The lowest BCUT2D eigenvalue weighted by atomic mass is 9.88. The Kier molecular flexibility index (Phi) is 3.12. The van der Waals surface area contributed by atoms with Gasteiger partial charge in [-0.05, 0) is 31.9 Å². The van der Waals surface area contributed by atoms with Gasteiger partial charge in [0.05, 0.1) is 6.04 Å². The number of rotatable bonds is 0. The number of amides is 1. The number of nitrogens with one attached hydrogen (secondary N) is 1. The minimum absolute atomic E-state index is 0.0999. The maximum Gasteiger partial charge on any atom is 0.228 e. The zero-order valence-corrected chi connectivity index (χ0v) is 13.5. The molecule has 3 nitrogen and oxygen atoms in total. The molecule has 0 spiro atoms. The number of H-pyrrole nitrogens is 1. The average Bonchev–Trinajstić information content (AvgIpc) is 2.77. The Balaban J connectivity index is 2.09. The normalized spacial score (nSPS) is 22.4. The Bertz CT molecular complexity index is 693. The maximum atomic E-state index is 12.8. The second-order valence-electron chi connectivity index (χ2n) is 7.25. The summed E-state index contributed by atoms with van der Waals surface area (Å²) in [5.41, 5.74) is 3.41. The van der Waals surface area contributed by atoms with Crippen LogP contribution in [0.1, 0.15) is 51.9 Å². The third-order valence-electron chi connectivity index (χ3n) is 4.53. The molecule has 0 unspecified atom stereocenters. The topological polar surface area (TPSA) is 36.1 Å². The first kappa shape index (κ1) is 14.2. The molecular weight excluding hydrogens is 260 g/mol. The standard InChI is InChI=1S/C18H24N2O/c1-11-10-14-13-8-6-7-9-15(13)19-16(14)12(2)20(11)17(21)18(3,4)5/h6-9,11-12,19H,10H2,1-5H3/t11-,12-/m1/s1. The lowest BCUT2D eigenvalue weighted by Crippen LogP contribution is -2.49. The molecule has 3 rings (SSSR count). The molecule has 0 aliphatic carbocycles. The van der Waals surface area contributed by atoms with Crippen molar-refractivity contribution in [2.75, 3.05) is 0 Å². The Hall–Kier alpha value is -1.77. The van der Waals surface area contributed by atoms with E-state index < -0.39 is 0 Å². The number of aromatic amines is 1. The van der Waals surface area contributed by atoms with E-state index in [1.54, 1.807) is 0 Å². The molecule has 0 saturated carbocycles. The lowest BCUT2D eigenvalue weighted by Gasteiger charge is -2.42. The van der Waals surface area contributed by atoms with E-state index in [2.05, 4.69) is 48.0 Å². The van der Waals surface area contributed by atoms with Gasteiger partial charge in [-0.3, -0.25) is 4.79 Å². The number of hydrogen-bond donors (Lipinski definition) is 1. The molecule has 112 valence electrons. The third-order valence-corrected chi connectivity index (χ3v) is 4.53. The number of para-hydroxylation sites is 1. The first-order chi connectivity index (χ1) is 9.80. The molecule has 1 N–H and O–H groups in total. The van der Waals surface area contributed by atoms with Crippen molar-refractivity contribution in [1.29, 1.82) is 0 Å². The molecule has 0 fully saturated rings. The van der Waals surface area contributed by atoms with Gasteiger partial charge in [-0.2, -0.15) is 0 Å². The molecule has 3 heteroatoms. The Labute approximate surface area is 126 Å². The van der Waals surface area contributed by atoms with E-state index in [9.17, 15) is 4.79 Å². The van der Waals surface area contributed by atoms with Gasteiger partial charge in [-0.1, -0.05) is 39.0 Å². The number of nitrogens with zero attached hydrogens (tertiary/aromatic N) is 1. The van der Waals surface area contributed by atoms with Crippen molar-refractivity contribution in [3.8, 4) is 0 Å². The highest BCUT2D eigenvalue weighted by Crippen LogP contribution is 2.38. The Morgan fingerprint density at radius 1 is 1.24 bits per heavy atom. The van der Waals surface area contributed by atoms with Crippen LogP contribution in [0.4, 0.5) is 0 Å².